The summed E-state index contributed by atoms with van der Waals surface area (Å²) in [6, 6.07) is 6.29. The number of amides is 1. The zero-order valence-electron chi connectivity index (χ0n) is 12.3. The van der Waals surface area contributed by atoms with Gasteiger partial charge in [-0.2, -0.15) is 0 Å². The van der Waals surface area contributed by atoms with Crippen LogP contribution in [-0.4, -0.2) is 23.4 Å². The van der Waals surface area contributed by atoms with Gasteiger partial charge in [-0.15, -0.1) is 0 Å². The highest BCUT2D eigenvalue weighted by molar-refractivity contribution is 9.11. The predicted octanol–water partition coefficient (Wildman–Crippen LogP) is 5.25. The van der Waals surface area contributed by atoms with E-state index in [0.29, 0.717) is 12.0 Å². The van der Waals surface area contributed by atoms with Crippen molar-refractivity contribution in [3.05, 3.63) is 32.7 Å². The average molecular weight is 415 g/mol. The summed E-state index contributed by atoms with van der Waals surface area (Å²) in [6.07, 6.45) is 6.20. The van der Waals surface area contributed by atoms with Crippen molar-refractivity contribution in [3.8, 4) is 0 Å². The predicted molar refractivity (Wildman–Crippen MR) is 92.4 cm³/mol. The Morgan fingerprint density at radius 1 is 1.10 bits per heavy atom. The molecule has 1 aromatic carbocycles. The largest absolute Gasteiger partial charge is 0.335 e. The van der Waals surface area contributed by atoms with Gasteiger partial charge in [-0.1, -0.05) is 51.6 Å². The molecular formula is C17H21Br2NO. The zero-order chi connectivity index (χ0) is 15.0. The molecule has 0 aromatic heterocycles. The molecule has 1 aliphatic heterocycles. The Morgan fingerprint density at radius 3 is 2.48 bits per heavy atom. The lowest BCUT2D eigenvalue weighted by Gasteiger charge is -2.47. The summed E-state index contributed by atoms with van der Waals surface area (Å²) in [5.74, 6) is 1.65. The molecule has 1 saturated heterocycles. The first-order valence-electron chi connectivity index (χ1n) is 7.83. The van der Waals surface area contributed by atoms with Crippen molar-refractivity contribution in [2.24, 2.45) is 11.8 Å². The van der Waals surface area contributed by atoms with Crippen molar-refractivity contribution < 1.29 is 4.79 Å². The number of piperidine rings is 1. The number of nitrogens with zero attached hydrogens (tertiary/aromatic N) is 1. The lowest BCUT2D eigenvalue weighted by Crippen LogP contribution is -2.52. The van der Waals surface area contributed by atoms with Crippen LogP contribution in [0.3, 0.4) is 0 Å². The Bertz CT molecular complexity index is 525. The van der Waals surface area contributed by atoms with E-state index in [-0.39, 0.29) is 5.91 Å². The Hall–Kier alpha value is -0.350. The molecule has 1 aromatic rings. The monoisotopic (exact) mass is 413 g/mol. The number of hydrogen-bond donors (Lipinski definition) is 0. The minimum absolute atomic E-state index is 0.195. The van der Waals surface area contributed by atoms with E-state index in [1.807, 2.05) is 18.2 Å². The molecule has 1 amide bonds. The topological polar surface area (TPSA) is 20.3 Å². The van der Waals surface area contributed by atoms with Gasteiger partial charge in [0.05, 0.1) is 0 Å². The van der Waals surface area contributed by atoms with E-state index in [4.69, 9.17) is 0 Å². The molecule has 2 nitrogen and oxygen atoms in total. The van der Waals surface area contributed by atoms with Crippen LogP contribution in [0, 0.1) is 11.8 Å². The Labute approximate surface area is 143 Å². The van der Waals surface area contributed by atoms with Crippen LogP contribution in [0.5, 0.6) is 0 Å². The molecule has 0 radical (unpaired) electrons. The average Bonchev–Trinajstić information content (AvgIpc) is 2.46. The number of rotatable bonds is 1. The van der Waals surface area contributed by atoms with Crippen LogP contribution < -0.4 is 0 Å². The van der Waals surface area contributed by atoms with Gasteiger partial charge in [-0.25, -0.2) is 0 Å². The summed E-state index contributed by atoms with van der Waals surface area (Å²) in [5.41, 5.74) is 0.787. The number of likely N-dealkylation sites (tertiary alicyclic amines) is 1. The maximum absolute atomic E-state index is 12.9. The Balaban J connectivity index is 1.86. The van der Waals surface area contributed by atoms with Crippen molar-refractivity contribution in [3.63, 3.8) is 0 Å². The summed E-state index contributed by atoms with van der Waals surface area (Å²) in [7, 11) is 0. The van der Waals surface area contributed by atoms with E-state index in [1.54, 1.807) is 0 Å². The van der Waals surface area contributed by atoms with E-state index in [1.165, 1.54) is 25.7 Å². The van der Waals surface area contributed by atoms with Crippen LogP contribution in [-0.2, 0) is 0 Å². The minimum Gasteiger partial charge on any atom is -0.335 e. The highest BCUT2D eigenvalue weighted by Crippen LogP contribution is 2.39. The van der Waals surface area contributed by atoms with E-state index in [0.717, 1.165) is 33.4 Å². The van der Waals surface area contributed by atoms with Crippen LogP contribution in [0.15, 0.2) is 27.1 Å². The number of fused-ring (bicyclic) bond motifs is 1. The molecule has 1 heterocycles. The lowest BCUT2D eigenvalue weighted by molar-refractivity contribution is 0.0217. The third kappa shape index (κ3) is 3.21. The third-order valence-corrected chi connectivity index (χ3v) is 6.02. The molecule has 2 fully saturated rings. The smallest absolute Gasteiger partial charge is 0.254 e. The quantitative estimate of drug-likeness (QED) is 0.614. The standard InChI is InChI=1S/C17H21Br2NO/c1-11-6-7-20(16-5-3-2-4-15(11)16)17(21)12-8-13(18)10-14(19)9-12/h8-11,15-16H,2-7H2,1H3. The third-order valence-electron chi connectivity index (χ3n) is 5.11. The lowest BCUT2D eigenvalue weighted by atomic mass is 9.72. The Kier molecular flexibility index (Phi) is 4.75. The van der Waals surface area contributed by atoms with E-state index in [9.17, 15) is 4.79 Å². The van der Waals surface area contributed by atoms with Gasteiger partial charge >= 0.3 is 0 Å². The molecule has 1 aliphatic carbocycles. The number of hydrogen-bond acceptors (Lipinski definition) is 1. The molecule has 0 spiro atoms. The maximum atomic E-state index is 12.9. The van der Waals surface area contributed by atoms with Gasteiger partial charge in [0.15, 0.2) is 0 Å². The van der Waals surface area contributed by atoms with Crippen molar-refractivity contribution >= 4 is 37.8 Å². The van der Waals surface area contributed by atoms with Gasteiger partial charge in [0.2, 0.25) is 0 Å². The second kappa shape index (κ2) is 6.41. The summed E-state index contributed by atoms with van der Waals surface area (Å²) >= 11 is 6.97. The molecule has 2 aliphatic rings. The molecule has 0 N–H and O–H groups in total. The van der Waals surface area contributed by atoms with Crippen molar-refractivity contribution in [1.29, 1.82) is 0 Å². The first-order valence-corrected chi connectivity index (χ1v) is 9.42. The fraction of sp³-hybridized carbons (Fsp3) is 0.588. The molecular weight excluding hydrogens is 394 g/mol. The summed E-state index contributed by atoms with van der Waals surface area (Å²) in [6.45, 7) is 3.27. The maximum Gasteiger partial charge on any atom is 0.254 e. The first kappa shape index (κ1) is 15.5. The normalized spacial score (nSPS) is 29.1. The Morgan fingerprint density at radius 2 is 1.76 bits per heavy atom. The fourth-order valence-corrected chi connectivity index (χ4v) is 5.30. The van der Waals surface area contributed by atoms with Gasteiger partial charge in [-0.05, 0) is 49.3 Å². The summed E-state index contributed by atoms with van der Waals surface area (Å²) < 4.78 is 1.90. The molecule has 3 atom stereocenters. The number of halogens is 2. The van der Waals surface area contributed by atoms with Crippen LogP contribution in [0.4, 0.5) is 0 Å². The van der Waals surface area contributed by atoms with Gasteiger partial charge in [0, 0.05) is 27.1 Å². The highest BCUT2D eigenvalue weighted by Gasteiger charge is 2.39. The second-order valence-electron chi connectivity index (χ2n) is 6.44. The van der Waals surface area contributed by atoms with Crippen molar-refractivity contribution in [2.45, 2.75) is 45.1 Å². The first-order chi connectivity index (χ1) is 10.1. The molecule has 3 unspecified atom stereocenters. The zero-order valence-corrected chi connectivity index (χ0v) is 15.5. The number of benzene rings is 1. The van der Waals surface area contributed by atoms with Crippen molar-refractivity contribution in [1.82, 2.24) is 4.90 Å². The van der Waals surface area contributed by atoms with Gasteiger partial charge in [0.1, 0.15) is 0 Å². The summed E-state index contributed by atoms with van der Waals surface area (Å²) in [4.78, 5) is 15.1. The fourth-order valence-electron chi connectivity index (χ4n) is 4.01. The van der Waals surface area contributed by atoms with Crippen LogP contribution >= 0.6 is 31.9 Å². The minimum atomic E-state index is 0.195. The SMILES string of the molecule is CC1CCN(C(=O)c2cc(Br)cc(Br)c2)C2CCCCC12. The molecule has 4 heteroatoms. The van der Waals surface area contributed by atoms with Gasteiger partial charge in [-0.3, -0.25) is 4.79 Å². The van der Waals surface area contributed by atoms with E-state index in [2.05, 4.69) is 43.7 Å². The number of carbonyl (C=O) groups is 1. The van der Waals surface area contributed by atoms with Crippen molar-refractivity contribution in [2.75, 3.05) is 6.54 Å². The summed E-state index contributed by atoms with van der Waals surface area (Å²) in [5, 5.41) is 0. The van der Waals surface area contributed by atoms with Crippen LogP contribution in [0.2, 0.25) is 0 Å². The second-order valence-corrected chi connectivity index (χ2v) is 8.27. The molecule has 3 rings (SSSR count). The van der Waals surface area contributed by atoms with E-state index >= 15 is 0 Å². The molecule has 114 valence electrons. The van der Waals surface area contributed by atoms with Crippen LogP contribution in [0.25, 0.3) is 0 Å². The van der Waals surface area contributed by atoms with Gasteiger partial charge < -0.3 is 4.90 Å². The highest BCUT2D eigenvalue weighted by atomic mass is 79.9. The molecule has 21 heavy (non-hydrogen) atoms. The van der Waals surface area contributed by atoms with Crippen LogP contribution in [0.1, 0.15) is 49.4 Å². The van der Waals surface area contributed by atoms with Gasteiger partial charge in [0.25, 0.3) is 5.91 Å². The molecule has 1 saturated carbocycles. The van der Waals surface area contributed by atoms with E-state index < -0.39 is 0 Å². The molecule has 0 bridgehead atoms. The number of carbonyl (C=O) groups excluding carboxylic acids is 1.